The number of hydrogen-bond donors (Lipinski definition) is 1. The third-order valence-corrected chi connectivity index (χ3v) is 4.65. The number of aromatic nitrogens is 2. The molecule has 1 atom stereocenters. The van der Waals surface area contributed by atoms with E-state index in [9.17, 15) is 4.79 Å². The van der Waals surface area contributed by atoms with Crippen LogP contribution in [0.25, 0.3) is 11.3 Å². The Morgan fingerprint density at radius 2 is 1.81 bits per heavy atom. The molecule has 0 bridgehead atoms. The van der Waals surface area contributed by atoms with Crippen LogP contribution in [-0.4, -0.2) is 15.9 Å². The van der Waals surface area contributed by atoms with Crippen molar-refractivity contribution in [1.29, 1.82) is 0 Å². The number of nitrogens with zero attached hydrogens (tertiary/aromatic N) is 2. The minimum absolute atomic E-state index is 0.343. The summed E-state index contributed by atoms with van der Waals surface area (Å²) in [4.78, 5) is 12.4. The smallest absolute Gasteiger partial charge is 0.412 e. The van der Waals surface area contributed by atoms with Crippen LogP contribution in [0.2, 0.25) is 0 Å². The quantitative estimate of drug-likeness (QED) is 0.616. The first-order valence-corrected chi connectivity index (χ1v) is 9.07. The Bertz CT molecular complexity index is 905. The van der Waals surface area contributed by atoms with E-state index in [1.165, 1.54) is 0 Å². The Morgan fingerprint density at radius 3 is 2.46 bits per heavy atom. The number of aryl methyl sites for hydroxylation is 2. The number of carbonyl (C=O) groups excluding carboxylic acids is 1. The molecule has 26 heavy (non-hydrogen) atoms. The fraction of sp³-hybridized carbons (Fsp3) is 0.200. The molecule has 5 nitrogen and oxygen atoms in total. The van der Waals surface area contributed by atoms with Crippen LogP contribution in [0, 0.1) is 6.92 Å². The Labute approximate surface area is 161 Å². The standard InChI is InChI=1S/C20H20BrN3O2/c1-13-18(19(24(3)23-13)16-9-11-17(21)12-10-16)22-20(25)26-14(2)15-7-5-4-6-8-15/h4-12,14H,1-3H3,(H,22,25). The second-order valence-corrected chi connectivity index (χ2v) is 6.94. The van der Waals surface area contributed by atoms with Crippen LogP contribution in [0.5, 0.6) is 0 Å². The Balaban J connectivity index is 1.81. The van der Waals surface area contributed by atoms with Crippen molar-refractivity contribution in [3.8, 4) is 11.3 Å². The zero-order valence-electron chi connectivity index (χ0n) is 14.9. The van der Waals surface area contributed by atoms with Crippen molar-refractivity contribution in [2.75, 3.05) is 5.32 Å². The number of amides is 1. The molecule has 0 saturated heterocycles. The van der Waals surface area contributed by atoms with Gasteiger partial charge in [0.25, 0.3) is 0 Å². The maximum Gasteiger partial charge on any atom is 0.412 e. The van der Waals surface area contributed by atoms with Crippen LogP contribution < -0.4 is 5.32 Å². The van der Waals surface area contributed by atoms with E-state index in [0.29, 0.717) is 5.69 Å². The molecule has 1 N–H and O–H groups in total. The Hall–Kier alpha value is -2.60. The first kappa shape index (κ1) is 18.2. The van der Waals surface area contributed by atoms with Gasteiger partial charge in [0.05, 0.1) is 17.1 Å². The summed E-state index contributed by atoms with van der Waals surface area (Å²) in [7, 11) is 1.85. The zero-order chi connectivity index (χ0) is 18.7. The van der Waals surface area contributed by atoms with Crippen molar-refractivity contribution in [2.45, 2.75) is 20.0 Å². The molecular weight excluding hydrogens is 394 g/mol. The SMILES string of the molecule is Cc1nn(C)c(-c2ccc(Br)cc2)c1NC(=O)OC(C)c1ccccc1. The maximum absolute atomic E-state index is 12.4. The minimum atomic E-state index is -0.504. The molecule has 1 amide bonds. The predicted molar refractivity (Wildman–Crippen MR) is 106 cm³/mol. The summed E-state index contributed by atoms with van der Waals surface area (Å²) in [6.45, 7) is 3.71. The number of carbonyl (C=O) groups is 1. The summed E-state index contributed by atoms with van der Waals surface area (Å²) in [5.41, 5.74) is 4.12. The van der Waals surface area contributed by atoms with E-state index in [4.69, 9.17) is 4.74 Å². The molecule has 3 aromatic rings. The molecular formula is C20H20BrN3O2. The number of ether oxygens (including phenoxy) is 1. The molecule has 134 valence electrons. The molecule has 1 aromatic heterocycles. The van der Waals surface area contributed by atoms with E-state index < -0.39 is 6.09 Å². The van der Waals surface area contributed by atoms with Gasteiger partial charge in [-0.2, -0.15) is 5.10 Å². The van der Waals surface area contributed by atoms with E-state index in [1.807, 2.05) is 75.5 Å². The summed E-state index contributed by atoms with van der Waals surface area (Å²) >= 11 is 3.44. The van der Waals surface area contributed by atoms with Gasteiger partial charge in [0.15, 0.2) is 0 Å². The summed E-state index contributed by atoms with van der Waals surface area (Å²) in [6.07, 6.45) is -0.847. The first-order chi connectivity index (χ1) is 12.5. The predicted octanol–water partition coefficient (Wildman–Crippen LogP) is 5.47. The lowest BCUT2D eigenvalue weighted by Crippen LogP contribution is -2.16. The lowest BCUT2D eigenvalue weighted by molar-refractivity contribution is 0.121. The molecule has 2 aromatic carbocycles. The number of nitrogens with one attached hydrogen (secondary N) is 1. The van der Waals surface area contributed by atoms with Gasteiger partial charge in [-0.1, -0.05) is 58.4 Å². The van der Waals surface area contributed by atoms with Crippen LogP contribution in [0.3, 0.4) is 0 Å². The average Bonchev–Trinajstić information content (AvgIpc) is 2.90. The molecule has 0 spiro atoms. The fourth-order valence-electron chi connectivity index (χ4n) is 2.83. The largest absolute Gasteiger partial charge is 0.441 e. The molecule has 0 saturated carbocycles. The number of halogens is 1. The second-order valence-electron chi connectivity index (χ2n) is 6.02. The van der Waals surface area contributed by atoms with Gasteiger partial charge >= 0.3 is 6.09 Å². The van der Waals surface area contributed by atoms with Crippen LogP contribution in [0.4, 0.5) is 10.5 Å². The van der Waals surface area contributed by atoms with Crippen molar-refractivity contribution < 1.29 is 9.53 Å². The van der Waals surface area contributed by atoms with Gasteiger partial charge in [-0.25, -0.2) is 4.79 Å². The van der Waals surface area contributed by atoms with Crippen LogP contribution in [0.1, 0.15) is 24.3 Å². The van der Waals surface area contributed by atoms with Crippen molar-refractivity contribution in [1.82, 2.24) is 9.78 Å². The van der Waals surface area contributed by atoms with Gasteiger partial charge in [-0.3, -0.25) is 10.00 Å². The number of hydrogen-bond acceptors (Lipinski definition) is 3. The second kappa shape index (κ2) is 7.74. The number of anilines is 1. The highest BCUT2D eigenvalue weighted by molar-refractivity contribution is 9.10. The van der Waals surface area contributed by atoms with Gasteiger partial charge in [-0.05, 0) is 31.5 Å². The highest BCUT2D eigenvalue weighted by Gasteiger charge is 2.19. The molecule has 1 heterocycles. The molecule has 0 aliphatic rings. The lowest BCUT2D eigenvalue weighted by atomic mass is 10.1. The third kappa shape index (κ3) is 3.96. The molecule has 1 unspecified atom stereocenters. The molecule has 3 rings (SSSR count). The van der Waals surface area contributed by atoms with Crippen molar-refractivity contribution >= 4 is 27.7 Å². The van der Waals surface area contributed by atoms with Gasteiger partial charge < -0.3 is 4.74 Å². The van der Waals surface area contributed by atoms with Gasteiger partial charge in [0.2, 0.25) is 0 Å². The summed E-state index contributed by atoms with van der Waals surface area (Å²) in [5, 5.41) is 7.29. The number of rotatable bonds is 4. The highest BCUT2D eigenvalue weighted by Crippen LogP contribution is 2.31. The lowest BCUT2D eigenvalue weighted by Gasteiger charge is -2.15. The monoisotopic (exact) mass is 413 g/mol. The van der Waals surface area contributed by atoms with Gasteiger partial charge in [-0.15, -0.1) is 0 Å². The Kier molecular flexibility index (Phi) is 5.42. The first-order valence-electron chi connectivity index (χ1n) is 8.28. The third-order valence-electron chi connectivity index (χ3n) is 4.12. The fourth-order valence-corrected chi connectivity index (χ4v) is 3.10. The topological polar surface area (TPSA) is 56.2 Å². The molecule has 6 heteroatoms. The van der Waals surface area contributed by atoms with E-state index >= 15 is 0 Å². The summed E-state index contributed by atoms with van der Waals surface area (Å²) in [6, 6.07) is 17.5. The van der Waals surface area contributed by atoms with E-state index in [0.717, 1.165) is 27.0 Å². The van der Waals surface area contributed by atoms with Crippen LogP contribution in [0.15, 0.2) is 59.1 Å². The normalized spacial score (nSPS) is 11.8. The summed E-state index contributed by atoms with van der Waals surface area (Å²) in [5.74, 6) is 0. The molecule has 0 aliphatic heterocycles. The van der Waals surface area contributed by atoms with E-state index in [2.05, 4.69) is 26.3 Å². The van der Waals surface area contributed by atoms with E-state index in [1.54, 1.807) is 4.68 Å². The van der Waals surface area contributed by atoms with Crippen molar-refractivity contribution in [3.63, 3.8) is 0 Å². The average molecular weight is 414 g/mol. The molecule has 0 fully saturated rings. The number of benzene rings is 2. The van der Waals surface area contributed by atoms with Gasteiger partial charge in [0.1, 0.15) is 6.10 Å². The van der Waals surface area contributed by atoms with Crippen LogP contribution >= 0.6 is 15.9 Å². The Morgan fingerprint density at radius 1 is 1.15 bits per heavy atom. The van der Waals surface area contributed by atoms with Crippen molar-refractivity contribution in [3.05, 3.63) is 70.3 Å². The van der Waals surface area contributed by atoms with E-state index in [-0.39, 0.29) is 6.10 Å². The van der Waals surface area contributed by atoms with Crippen molar-refractivity contribution in [2.24, 2.45) is 7.05 Å². The highest BCUT2D eigenvalue weighted by atomic mass is 79.9. The maximum atomic E-state index is 12.4. The molecule has 0 aliphatic carbocycles. The zero-order valence-corrected chi connectivity index (χ0v) is 16.4. The molecule has 0 radical (unpaired) electrons. The summed E-state index contributed by atoms with van der Waals surface area (Å²) < 4.78 is 8.27. The minimum Gasteiger partial charge on any atom is -0.441 e. The van der Waals surface area contributed by atoms with Crippen LogP contribution in [-0.2, 0) is 11.8 Å². The van der Waals surface area contributed by atoms with Gasteiger partial charge in [0, 0.05) is 17.1 Å².